The first-order valence-electron chi connectivity index (χ1n) is 0. The zero-order valence-electron chi connectivity index (χ0n) is 0.577. The van der Waals surface area contributed by atoms with Crippen LogP contribution < -0.4 is 0 Å². The quantitative estimate of drug-likeness (QED) is 0.377. The van der Waals surface area contributed by atoms with Crippen molar-refractivity contribution < 1.29 is 32.7 Å². The first-order chi connectivity index (χ1) is 0. The molecule has 0 heterocycles. The van der Waals surface area contributed by atoms with Crippen LogP contribution >= 0.6 is 0 Å². The van der Waals surface area contributed by atoms with Gasteiger partial charge in [-0.15, -0.1) is 0 Å². The van der Waals surface area contributed by atoms with Crippen LogP contribution in [-0.2, 0) is 32.7 Å². The van der Waals surface area contributed by atoms with Crippen LogP contribution in [-0.4, -0.2) is 156 Å². The Labute approximate surface area is 185 Å². The summed E-state index contributed by atoms with van der Waals surface area (Å²) in [6, 6.07) is 0. The van der Waals surface area contributed by atoms with Crippen molar-refractivity contribution in [1.29, 1.82) is 0 Å². The second-order valence-corrected chi connectivity index (χ2v) is 0. The second-order valence-electron chi connectivity index (χ2n) is 0. The molecule has 0 rings (SSSR count). The summed E-state index contributed by atoms with van der Waals surface area (Å²) in [5, 5.41) is 0. The molecule has 0 saturated carbocycles. The van der Waals surface area contributed by atoms with Crippen LogP contribution in [0.3, 0.4) is 0 Å². The Morgan fingerprint density at radius 2 is 0.200 bits per heavy atom. The molecule has 0 spiro atoms. The van der Waals surface area contributed by atoms with Crippen molar-refractivity contribution in [2.24, 2.45) is 0 Å². The van der Waals surface area contributed by atoms with E-state index in [2.05, 4.69) is 0 Å². The maximum atomic E-state index is 0. The summed E-state index contributed by atoms with van der Waals surface area (Å²) in [5.74, 6) is 0. The van der Waals surface area contributed by atoms with Crippen molar-refractivity contribution in [2.75, 3.05) is 0 Å². The molecule has 0 saturated heterocycles. The first kappa shape index (κ1) is 101. The van der Waals surface area contributed by atoms with Crippen molar-refractivity contribution in [3.8, 4) is 0 Å². The van der Waals surface area contributed by atoms with Gasteiger partial charge in [-0.1, -0.05) is 0 Å². The summed E-state index contributed by atoms with van der Waals surface area (Å²) < 4.78 is 0. The van der Waals surface area contributed by atoms with E-state index < -0.39 is 0 Å². The van der Waals surface area contributed by atoms with Crippen LogP contribution in [0.15, 0.2) is 0 Å². The molecular formula is H27Al9Y. The van der Waals surface area contributed by atoms with Crippen LogP contribution in [0.25, 0.3) is 0 Å². The van der Waals surface area contributed by atoms with E-state index in [4.69, 9.17) is 0 Å². The topological polar surface area (TPSA) is 0 Å². The molecular weight excluding hydrogens is 332 g/mol. The second kappa shape index (κ2) is 82.7. The van der Waals surface area contributed by atoms with E-state index in [1.807, 2.05) is 0 Å². The minimum absolute atomic E-state index is 0. The van der Waals surface area contributed by atoms with Gasteiger partial charge < -0.3 is 0 Å². The SMILES string of the molecule is [AlH3].[AlH3].[AlH3].[AlH3].[AlH3].[AlH3].[AlH3].[AlH3].[AlH3].[Y]. The molecule has 0 nitrogen and oxygen atoms in total. The summed E-state index contributed by atoms with van der Waals surface area (Å²) in [6.45, 7) is 0. The summed E-state index contributed by atoms with van der Waals surface area (Å²) in [6.07, 6.45) is 0. The fraction of sp³-hybridized carbons (Fsp3) is 0. The van der Waals surface area contributed by atoms with Gasteiger partial charge in [0.25, 0.3) is 0 Å². The Kier molecular flexibility index (Phi) is 840. The van der Waals surface area contributed by atoms with Crippen LogP contribution in [0.5, 0.6) is 0 Å². The minimum Gasteiger partial charge on any atom is 0 e. The van der Waals surface area contributed by atoms with Crippen molar-refractivity contribution in [2.45, 2.75) is 0 Å². The summed E-state index contributed by atoms with van der Waals surface area (Å²) in [7, 11) is 0. The molecule has 10 heteroatoms. The molecule has 0 bridgehead atoms. The first-order valence-corrected chi connectivity index (χ1v) is 0. The van der Waals surface area contributed by atoms with Gasteiger partial charge in [-0.05, 0) is 0 Å². The predicted molar refractivity (Wildman–Crippen MR) is 89.5 cm³/mol. The van der Waals surface area contributed by atoms with Gasteiger partial charge in [0.15, 0.2) is 156 Å². The molecule has 10 heavy (non-hydrogen) atoms. The monoisotopic (exact) mass is 359 g/mol. The standard InChI is InChI=1S/9Al.Y.27H. The van der Waals surface area contributed by atoms with Crippen molar-refractivity contribution >= 4 is 156 Å². The molecule has 0 aromatic rings. The normalized spacial score (nSPS) is 0. The van der Waals surface area contributed by atoms with Gasteiger partial charge in [-0.3, -0.25) is 0 Å². The fourth-order valence-electron chi connectivity index (χ4n) is 0. The smallest absolute Gasteiger partial charge is 0 e. The van der Waals surface area contributed by atoms with Crippen molar-refractivity contribution in [3.63, 3.8) is 0 Å². The van der Waals surface area contributed by atoms with Gasteiger partial charge in [0.05, 0.1) is 0 Å². The zero-order chi connectivity index (χ0) is 0. The van der Waals surface area contributed by atoms with E-state index in [0.29, 0.717) is 0 Å². The van der Waals surface area contributed by atoms with Gasteiger partial charge in [0.2, 0.25) is 0 Å². The van der Waals surface area contributed by atoms with Crippen molar-refractivity contribution in [3.05, 3.63) is 0 Å². The van der Waals surface area contributed by atoms with Crippen LogP contribution in [0.2, 0.25) is 0 Å². The van der Waals surface area contributed by atoms with Gasteiger partial charge in [0, 0.05) is 32.7 Å². The molecule has 0 unspecified atom stereocenters. The largest absolute Gasteiger partial charge is 0.187 e. The molecule has 0 atom stereocenters. The molecule has 1 radical (unpaired) electrons. The zero-order valence-corrected chi connectivity index (χ0v) is 3.42. The molecule has 0 aliphatic carbocycles. The van der Waals surface area contributed by atoms with Crippen molar-refractivity contribution in [1.82, 2.24) is 0 Å². The van der Waals surface area contributed by atoms with E-state index in [-0.39, 0.29) is 189 Å². The van der Waals surface area contributed by atoms with E-state index in [9.17, 15) is 0 Å². The third kappa shape index (κ3) is 66.5. The molecule has 0 aliphatic rings. The Morgan fingerprint density at radius 3 is 0.200 bits per heavy atom. The predicted octanol–water partition coefficient (Wildman–Crippen LogP) is -10.7. The average Bonchev–Trinajstić information content (AvgIpc) is 0. The van der Waals surface area contributed by atoms with E-state index in [0.717, 1.165) is 0 Å². The molecule has 0 amide bonds. The van der Waals surface area contributed by atoms with E-state index in [1.165, 1.54) is 0 Å². The molecule has 0 aromatic carbocycles. The number of hydrogen-bond donors (Lipinski definition) is 0. The number of hydrogen-bond acceptors (Lipinski definition) is 0. The van der Waals surface area contributed by atoms with Gasteiger partial charge >= 0.3 is 0 Å². The third-order valence-corrected chi connectivity index (χ3v) is 0. The summed E-state index contributed by atoms with van der Waals surface area (Å²) >= 11 is 0. The molecule has 0 N–H and O–H groups in total. The Morgan fingerprint density at radius 1 is 0.200 bits per heavy atom. The maximum Gasteiger partial charge on any atom is 0.187 e. The Balaban J connectivity index is 0. The molecule has 0 fully saturated rings. The van der Waals surface area contributed by atoms with Crippen LogP contribution in [0.1, 0.15) is 0 Å². The van der Waals surface area contributed by atoms with Gasteiger partial charge in [-0.25, -0.2) is 0 Å². The van der Waals surface area contributed by atoms with E-state index >= 15 is 0 Å². The minimum atomic E-state index is 0. The maximum absolute atomic E-state index is 0. The fourth-order valence-corrected chi connectivity index (χ4v) is 0. The van der Waals surface area contributed by atoms with Gasteiger partial charge in [-0.2, -0.15) is 0 Å². The van der Waals surface area contributed by atoms with Crippen LogP contribution in [0, 0.1) is 0 Å². The average molecular weight is 359 g/mol. The van der Waals surface area contributed by atoms with Gasteiger partial charge in [0.1, 0.15) is 0 Å². The third-order valence-electron chi connectivity index (χ3n) is 0. The number of rotatable bonds is 0. The molecule has 57 valence electrons. The Bertz CT molecular complexity index is 4.69. The molecule has 0 aromatic heterocycles. The van der Waals surface area contributed by atoms with E-state index in [1.54, 1.807) is 0 Å². The Hall–Kier alpha value is 5.90. The summed E-state index contributed by atoms with van der Waals surface area (Å²) in [4.78, 5) is 0. The molecule has 0 aliphatic heterocycles. The van der Waals surface area contributed by atoms with Crippen LogP contribution in [0.4, 0.5) is 0 Å². The summed E-state index contributed by atoms with van der Waals surface area (Å²) in [5.41, 5.74) is 0.